The van der Waals surface area contributed by atoms with Gasteiger partial charge in [-0.3, -0.25) is 9.89 Å². The Balaban J connectivity index is 1.85. The molecule has 2 aromatic rings. The maximum atomic E-state index is 4.29. The first-order valence-electron chi connectivity index (χ1n) is 8.52. The summed E-state index contributed by atoms with van der Waals surface area (Å²) in [5.41, 5.74) is 2.64. The van der Waals surface area contributed by atoms with Crippen molar-refractivity contribution < 1.29 is 0 Å². The van der Waals surface area contributed by atoms with E-state index in [2.05, 4.69) is 76.2 Å². The van der Waals surface area contributed by atoms with Gasteiger partial charge in [0, 0.05) is 25.0 Å². The summed E-state index contributed by atoms with van der Waals surface area (Å²) in [4.78, 5) is 8.02. The van der Waals surface area contributed by atoms with Crippen LogP contribution in [0.2, 0.25) is 0 Å². The van der Waals surface area contributed by atoms with E-state index in [0.717, 1.165) is 38.7 Å². The minimum atomic E-state index is 0.774. The Bertz CT molecular complexity index is 618. The van der Waals surface area contributed by atoms with Gasteiger partial charge in [0.05, 0.1) is 6.54 Å². The largest absolute Gasteiger partial charge is 0.352 e. The van der Waals surface area contributed by atoms with Crippen LogP contribution in [-0.2, 0) is 19.6 Å². The lowest BCUT2D eigenvalue weighted by atomic mass is 10.1. The number of nitrogens with zero attached hydrogens (tertiary/aromatic N) is 2. The number of hydrogen-bond acceptors (Lipinski definition) is 3. The third-order valence-electron chi connectivity index (χ3n) is 3.99. The van der Waals surface area contributed by atoms with Gasteiger partial charge in [0.2, 0.25) is 0 Å². The average molecular weight is 345 g/mol. The van der Waals surface area contributed by atoms with Gasteiger partial charge in [-0.05, 0) is 35.7 Å². The summed E-state index contributed by atoms with van der Waals surface area (Å²) in [6, 6.07) is 13.0. The van der Waals surface area contributed by atoms with Gasteiger partial charge in [0.15, 0.2) is 5.96 Å². The smallest absolute Gasteiger partial charge is 0.191 e. The van der Waals surface area contributed by atoms with Crippen molar-refractivity contribution in [3.8, 4) is 0 Å². The predicted octanol–water partition coefficient (Wildman–Crippen LogP) is 3.46. The van der Waals surface area contributed by atoms with Crippen molar-refractivity contribution in [2.45, 2.75) is 33.5 Å². The molecular formula is C19H28N4S. The first-order valence-corrected chi connectivity index (χ1v) is 9.40. The molecule has 2 rings (SSSR count). The summed E-state index contributed by atoms with van der Waals surface area (Å²) in [7, 11) is 1.81. The van der Waals surface area contributed by atoms with Gasteiger partial charge >= 0.3 is 0 Å². The summed E-state index contributed by atoms with van der Waals surface area (Å²) >= 11 is 1.75. The molecule has 0 atom stereocenters. The molecule has 0 aliphatic heterocycles. The monoisotopic (exact) mass is 344 g/mol. The highest BCUT2D eigenvalue weighted by Crippen LogP contribution is 2.09. The summed E-state index contributed by atoms with van der Waals surface area (Å²) in [5.74, 6) is 0.831. The molecule has 4 nitrogen and oxygen atoms in total. The van der Waals surface area contributed by atoms with Gasteiger partial charge in [-0.15, -0.1) is 11.3 Å². The van der Waals surface area contributed by atoms with Crippen LogP contribution in [0.4, 0.5) is 0 Å². The number of aliphatic imine (C=N–C) groups is 1. The van der Waals surface area contributed by atoms with Crippen molar-refractivity contribution in [3.05, 3.63) is 57.8 Å². The highest BCUT2D eigenvalue weighted by molar-refractivity contribution is 7.09. The fourth-order valence-electron chi connectivity index (χ4n) is 2.53. The van der Waals surface area contributed by atoms with Crippen molar-refractivity contribution in [1.82, 2.24) is 15.5 Å². The zero-order valence-electron chi connectivity index (χ0n) is 14.9. The number of benzene rings is 1. The highest BCUT2D eigenvalue weighted by Gasteiger charge is 2.03. The molecule has 0 fully saturated rings. The standard InChI is InChI=1S/C19H28N4S/c1-4-23(5-2)15-17-9-6-8-16(12-17)13-21-19(20-3)22-14-18-10-7-11-24-18/h6-12H,4-5,13-15H2,1-3H3,(H2,20,21,22). The zero-order valence-corrected chi connectivity index (χ0v) is 15.7. The Kier molecular flexibility index (Phi) is 7.79. The lowest BCUT2D eigenvalue weighted by molar-refractivity contribution is 0.296. The second-order valence-electron chi connectivity index (χ2n) is 5.64. The van der Waals surface area contributed by atoms with Gasteiger partial charge in [-0.25, -0.2) is 0 Å². The summed E-state index contributed by atoms with van der Waals surface area (Å²) in [6.07, 6.45) is 0. The summed E-state index contributed by atoms with van der Waals surface area (Å²) in [5, 5.41) is 8.83. The second-order valence-corrected chi connectivity index (χ2v) is 6.67. The molecule has 1 heterocycles. The predicted molar refractivity (Wildman–Crippen MR) is 104 cm³/mol. The number of rotatable bonds is 8. The Morgan fingerprint density at radius 2 is 1.79 bits per heavy atom. The van der Waals surface area contributed by atoms with Crippen molar-refractivity contribution >= 4 is 17.3 Å². The molecule has 0 saturated heterocycles. The molecule has 0 saturated carbocycles. The van der Waals surface area contributed by atoms with E-state index in [4.69, 9.17) is 0 Å². The normalized spacial score (nSPS) is 11.8. The maximum absolute atomic E-state index is 4.29. The maximum Gasteiger partial charge on any atom is 0.191 e. The Labute approximate surface area is 149 Å². The SMILES string of the molecule is CCN(CC)Cc1cccc(CNC(=NC)NCc2cccs2)c1. The molecule has 2 N–H and O–H groups in total. The Morgan fingerprint density at radius 1 is 1.04 bits per heavy atom. The Morgan fingerprint density at radius 3 is 2.46 bits per heavy atom. The molecule has 0 bridgehead atoms. The van der Waals surface area contributed by atoms with Crippen LogP contribution in [0, 0.1) is 0 Å². The van der Waals surface area contributed by atoms with Crippen LogP contribution in [0.25, 0.3) is 0 Å². The molecule has 0 amide bonds. The molecule has 0 aliphatic rings. The van der Waals surface area contributed by atoms with Crippen molar-refractivity contribution in [2.75, 3.05) is 20.1 Å². The minimum absolute atomic E-state index is 0.774. The van der Waals surface area contributed by atoms with Crippen LogP contribution in [0.15, 0.2) is 46.8 Å². The average Bonchev–Trinajstić information content (AvgIpc) is 3.13. The van der Waals surface area contributed by atoms with Gasteiger partial charge in [0.1, 0.15) is 0 Å². The summed E-state index contributed by atoms with van der Waals surface area (Å²) in [6.45, 7) is 9.16. The second kappa shape index (κ2) is 10.1. The van der Waals surface area contributed by atoms with E-state index < -0.39 is 0 Å². The molecule has 0 radical (unpaired) electrons. The van der Waals surface area contributed by atoms with Crippen molar-refractivity contribution in [1.29, 1.82) is 0 Å². The van der Waals surface area contributed by atoms with Crippen LogP contribution in [0.1, 0.15) is 29.9 Å². The molecule has 0 unspecified atom stereocenters. The van der Waals surface area contributed by atoms with Gasteiger partial charge < -0.3 is 10.6 Å². The van der Waals surface area contributed by atoms with E-state index in [-0.39, 0.29) is 0 Å². The molecule has 0 spiro atoms. The fraction of sp³-hybridized carbons (Fsp3) is 0.421. The highest BCUT2D eigenvalue weighted by atomic mass is 32.1. The quantitative estimate of drug-likeness (QED) is 0.569. The van der Waals surface area contributed by atoms with Crippen LogP contribution < -0.4 is 10.6 Å². The van der Waals surface area contributed by atoms with Gasteiger partial charge in [-0.2, -0.15) is 0 Å². The van der Waals surface area contributed by atoms with Crippen molar-refractivity contribution in [2.24, 2.45) is 4.99 Å². The molecule has 1 aromatic heterocycles. The Hall–Kier alpha value is -1.85. The van der Waals surface area contributed by atoms with E-state index in [1.807, 2.05) is 0 Å². The van der Waals surface area contributed by atoms with Crippen LogP contribution >= 0.6 is 11.3 Å². The van der Waals surface area contributed by atoms with E-state index in [9.17, 15) is 0 Å². The molecule has 24 heavy (non-hydrogen) atoms. The number of nitrogens with one attached hydrogen (secondary N) is 2. The zero-order chi connectivity index (χ0) is 17.2. The number of thiophene rings is 1. The number of guanidine groups is 1. The van der Waals surface area contributed by atoms with Crippen molar-refractivity contribution in [3.63, 3.8) is 0 Å². The van der Waals surface area contributed by atoms with Crippen LogP contribution in [0.5, 0.6) is 0 Å². The topological polar surface area (TPSA) is 39.7 Å². The third kappa shape index (κ3) is 5.98. The molecule has 5 heteroatoms. The van der Waals surface area contributed by atoms with E-state index in [0.29, 0.717) is 0 Å². The first kappa shape index (κ1) is 18.5. The molecule has 1 aromatic carbocycles. The van der Waals surface area contributed by atoms with E-state index in [1.165, 1.54) is 16.0 Å². The fourth-order valence-corrected chi connectivity index (χ4v) is 3.18. The third-order valence-corrected chi connectivity index (χ3v) is 4.86. The molecule has 130 valence electrons. The minimum Gasteiger partial charge on any atom is -0.352 e. The lowest BCUT2D eigenvalue weighted by Crippen LogP contribution is -2.36. The van der Waals surface area contributed by atoms with Crippen LogP contribution in [-0.4, -0.2) is 31.0 Å². The lowest BCUT2D eigenvalue weighted by Gasteiger charge is -2.18. The molecule has 0 aliphatic carbocycles. The van der Waals surface area contributed by atoms with E-state index >= 15 is 0 Å². The van der Waals surface area contributed by atoms with Gasteiger partial charge in [-0.1, -0.05) is 44.2 Å². The van der Waals surface area contributed by atoms with E-state index in [1.54, 1.807) is 18.4 Å². The van der Waals surface area contributed by atoms with Gasteiger partial charge in [0.25, 0.3) is 0 Å². The molecular weight excluding hydrogens is 316 g/mol. The summed E-state index contributed by atoms with van der Waals surface area (Å²) < 4.78 is 0. The number of hydrogen-bond donors (Lipinski definition) is 2. The van der Waals surface area contributed by atoms with Crippen LogP contribution in [0.3, 0.4) is 0 Å². The first-order chi connectivity index (χ1) is 11.7.